The maximum Gasteiger partial charge on any atom is 0.410 e. The van der Waals surface area contributed by atoms with Crippen molar-refractivity contribution in [3.8, 4) is 0 Å². The molecule has 7 heteroatoms. The Morgan fingerprint density at radius 2 is 1.90 bits per heavy atom. The number of rotatable bonds is 4. The highest BCUT2D eigenvalue weighted by molar-refractivity contribution is 5.72. The number of likely N-dealkylation sites (tertiary alicyclic amines) is 1. The number of methoxy groups -OCH3 is 1. The van der Waals surface area contributed by atoms with Gasteiger partial charge in [-0.1, -0.05) is 0 Å². The van der Waals surface area contributed by atoms with E-state index in [9.17, 15) is 14.7 Å². The molecule has 1 rings (SSSR count). The molecule has 7 nitrogen and oxygen atoms in total. The lowest BCUT2D eigenvalue weighted by Gasteiger charge is -2.33. The third-order valence-electron chi connectivity index (χ3n) is 3.48. The standard InChI is InChI=1S/C14H25NO6/c1-8(12(17)18)11(20-5)10-6-9(16)7-15(10)13(19)21-14(2,3)4/h8-11,16H,6-7H2,1-5H3,(H,17,18)/t8-,9-,10+,11-/m1/s1. The molecule has 0 aromatic carbocycles. The average Bonchev–Trinajstić information content (AvgIpc) is 2.70. The normalized spacial score (nSPS) is 25.5. The molecule has 0 bridgehead atoms. The summed E-state index contributed by atoms with van der Waals surface area (Å²) in [5.41, 5.74) is -0.657. The second-order valence-electron chi connectivity index (χ2n) is 6.42. The predicted octanol–water partition coefficient (Wildman–Crippen LogP) is 1.09. The zero-order valence-electron chi connectivity index (χ0n) is 13.2. The van der Waals surface area contributed by atoms with Gasteiger partial charge >= 0.3 is 12.1 Å². The zero-order chi connectivity index (χ0) is 16.4. The molecule has 122 valence electrons. The second-order valence-corrected chi connectivity index (χ2v) is 6.42. The number of aliphatic hydroxyl groups excluding tert-OH is 1. The zero-order valence-corrected chi connectivity index (χ0v) is 13.2. The number of β-amino-alcohol motifs (C(OH)–C–C–N with tert-alkyl or cyclic N) is 1. The molecular weight excluding hydrogens is 278 g/mol. The number of carboxylic acid groups (broad SMARTS) is 1. The molecule has 0 saturated carbocycles. The Labute approximate surface area is 124 Å². The minimum atomic E-state index is -1.01. The minimum absolute atomic E-state index is 0.117. The van der Waals surface area contributed by atoms with Crippen LogP contribution in [0.2, 0.25) is 0 Å². The third kappa shape index (κ3) is 4.57. The number of carbonyl (C=O) groups is 2. The van der Waals surface area contributed by atoms with Crippen LogP contribution in [0.15, 0.2) is 0 Å². The van der Waals surface area contributed by atoms with E-state index in [1.165, 1.54) is 18.9 Å². The Balaban J connectivity index is 2.92. The van der Waals surface area contributed by atoms with Crippen LogP contribution in [-0.4, -0.2) is 64.7 Å². The van der Waals surface area contributed by atoms with Crippen molar-refractivity contribution in [3.63, 3.8) is 0 Å². The van der Waals surface area contributed by atoms with E-state index in [2.05, 4.69) is 0 Å². The van der Waals surface area contributed by atoms with Gasteiger partial charge in [0.15, 0.2) is 0 Å². The van der Waals surface area contributed by atoms with Gasteiger partial charge in [0.05, 0.1) is 30.7 Å². The molecule has 21 heavy (non-hydrogen) atoms. The SMILES string of the molecule is CO[C@H]([C@@H](C)C(=O)O)[C@@H]1C[C@@H](O)CN1C(=O)OC(C)(C)C. The van der Waals surface area contributed by atoms with Crippen LogP contribution < -0.4 is 0 Å². The number of nitrogens with zero attached hydrogens (tertiary/aromatic N) is 1. The van der Waals surface area contributed by atoms with Crippen LogP contribution in [-0.2, 0) is 14.3 Å². The van der Waals surface area contributed by atoms with Gasteiger partial charge in [0, 0.05) is 7.11 Å². The Bertz CT molecular complexity index is 391. The number of carbonyl (C=O) groups excluding carboxylic acids is 1. The summed E-state index contributed by atoms with van der Waals surface area (Å²) in [6, 6.07) is -0.522. The molecule has 0 spiro atoms. The lowest BCUT2D eigenvalue weighted by Crippen LogP contribution is -2.49. The summed E-state index contributed by atoms with van der Waals surface area (Å²) in [6.07, 6.45) is -1.70. The Hall–Kier alpha value is -1.34. The molecule has 1 saturated heterocycles. The Morgan fingerprint density at radius 3 is 2.33 bits per heavy atom. The minimum Gasteiger partial charge on any atom is -0.481 e. The lowest BCUT2D eigenvalue weighted by atomic mass is 9.95. The predicted molar refractivity (Wildman–Crippen MR) is 74.9 cm³/mol. The van der Waals surface area contributed by atoms with Crippen molar-refractivity contribution in [2.24, 2.45) is 5.92 Å². The molecule has 2 N–H and O–H groups in total. The van der Waals surface area contributed by atoms with Crippen molar-refractivity contribution in [2.45, 2.75) is 58.0 Å². The maximum absolute atomic E-state index is 12.2. The second kappa shape index (κ2) is 6.62. The van der Waals surface area contributed by atoms with Gasteiger partial charge in [-0.3, -0.25) is 9.69 Å². The van der Waals surface area contributed by atoms with E-state index in [0.717, 1.165) is 0 Å². The molecule has 0 radical (unpaired) electrons. The number of aliphatic hydroxyl groups is 1. The van der Waals surface area contributed by atoms with E-state index in [-0.39, 0.29) is 13.0 Å². The number of ether oxygens (including phenoxy) is 2. The first-order valence-corrected chi connectivity index (χ1v) is 7.00. The Kier molecular flexibility index (Phi) is 5.58. The van der Waals surface area contributed by atoms with E-state index in [4.69, 9.17) is 14.6 Å². The summed E-state index contributed by atoms with van der Waals surface area (Å²) >= 11 is 0. The number of hydrogen-bond donors (Lipinski definition) is 2. The Morgan fingerprint density at radius 1 is 1.33 bits per heavy atom. The van der Waals surface area contributed by atoms with Gasteiger partial charge in [-0.05, 0) is 34.1 Å². The van der Waals surface area contributed by atoms with E-state index >= 15 is 0 Å². The molecule has 0 aliphatic carbocycles. The molecule has 0 unspecified atom stereocenters. The summed E-state index contributed by atoms with van der Waals surface area (Å²) in [5.74, 6) is -1.80. The molecule has 0 aromatic rings. The van der Waals surface area contributed by atoms with Crippen molar-refractivity contribution in [1.82, 2.24) is 4.90 Å². The van der Waals surface area contributed by atoms with Crippen molar-refractivity contribution < 1.29 is 29.3 Å². The summed E-state index contributed by atoms with van der Waals surface area (Å²) < 4.78 is 10.6. The van der Waals surface area contributed by atoms with Gasteiger partial charge in [-0.2, -0.15) is 0 Å². The monoisotopic (exact) mass is 303 g/mol. The van der Waals surface area contributed by atoms with Crippen LogP contribution >= 0.6 is 0 Å². The topological polar surface area (TPSA) is 96.3 Å². The summed E-state index contributed by atoms with van der Waals surface area (Å²) in [6.45, 7) is 6.89. The van der Waals surface area contributed by atoms with Gasteiger partial charge in [-0.25, -0.2) is 4.79 Å². The molecule has 1 heterocycles. The lowest BCUT2D eigenvalue weighted by molar-refractivity contribution is -0.147. The van der Waals surface area contributed by atoms with Gasteiger partial charge in [-0.15, -0.1) is 0 Å². The van der Waals surface area contributed by atoms with Crippen molar-refractivity contribution in [2.75, 3.05) is 13.7 Å². The van der Waals surface area contributed by atoms with E-state index in [1.807, 2.05) is 0 Å². The highest BCUT2D eigenvalue weighted by Crippen LogP contribution is 2.28. The van der Waals surface area contributed by atoms with Crippen molar-refractivity contribution in [3.05, 3.63) is 0 Å². The van der Waals surface area contributed by atoms with Gasteiger partial charge < -0.3 is 19.7 Å². The first-order valence-electron chi connectivity index (χ1n) is 7.00. The number of hydrogen-bond acceptors (Lipinski definition) is 5. The molecular formula is C14H25NO6. The number of carboxylic acids is 1. The van der Waals surface area contributed by atoms with Crippen molar-refractivity contribution in [1.29, 1.82) is 0 Å². The highest BCUT2D eigenvalue weighted by atomic mass is 16.6. The number of aliphatic carboxylic acids is 1. The fraction of sp³-hybridized carbons (Fsp3) is 0.857. The molecule has 4 atom stereocenters. The van der Waals surface area contributed by atoms with Crippen LogP contribution in [0.1, 0.15) is 34.1 Å². The summed E-state index contributed by atoms with van der Waals surface area (Å²) in [5, 5.41) is 19.0. The molecule has 1 aliphatic rings. The van der Waals surface area contributed by atoms with E-state index < -0.39 is 41.8 Å². The maximum atomic E-state index is 12.2. The fourth-order valence-electron chi connectivity index (χ4n) is 2.52. The quantitative estimate of drug-likeness (QED) is 0.807. The van der Waals surface area contributed by atoms with Gasteiger partial charge in [0.2, 0.25) is 0 Å². The van der Waals surface area contributed by atoms with Crippen LogP contribution in [0.5, 0.6) is 0 Å². The summed E-state index contributed by atoms with van der Waals surface area (Å²) in [7, 11) is 1.40. The molecule has 1 fully saturated rings. The summed E-state index contributed by atoms with van der Waals surface area (Å²) in [4.78, 5) is 24.7. The molecule has 1 amide bonds. The smallest absolute Gasteiger partial charge is 0.410 e. The van der Waals surface area contributed by atoms with E-state index in [1.54, 1.807) is 20.8 Å². The van der Waals surface area contributed by atoms with Crippen LogP contribution in [0.4, 0.5) is 4.79 Å². The third-order valence-corrected chi connectivity index (χ3v) is 3.48. The van der Waals surface area contributed by atoms with Crippen LogP contribution in [0.25, 0.3) is 0 Å². The van der Waals surface area contributed by atoms with Gasteiger partial charge in [0.1, 0.15) is 5.60 Å². The first kappa shape index (κ1) is 17.7. The van der Waals surface area contributed by atoms with Crippen LogP contribution in [0, 0.1) is 5.92 Å². The van der Waals surface area contributed by atoms with E-state index in [0.29, 0.717) is 0 Å². The largest absolute Gasteiger partial charge is 0.481 e. The average molecular weight is 303 g/mol. The van der Waals surface area contributed by atoms with Crippen LogP contribution in [0.3, 0.4) is 0 Å². The fourth-order valence-corrected chi connectivity index (χ4v) is 2.52. The van der Waals surface area contributed by atoms with Gasteiger partial charge in [0.25, 0.3) is 0 Å². The van der Waals surface area contributed by atoms with Crippen molar-refractivity contribution >= 4 is 12.1 Å². The number of amides is 1. The highest BCUT2D eigenvalue weighted by Gasteiger charge is 2.44. The molecule has 0 aromatic heterocycles. The first-order chi connectivity index (χ1) is 9.56. The molecule has 1 aliphatic heterocycles.